The molecule has 23 nitrogen and oxygen atoms in total. The number of ether oxygens (including phenoxy) is 8. The first kappa shape index (κ1) is 73.4. The number of amides is 6. The van der Waals surface area contributed by atoms with Gasteiger partial charge < -0.3 is 73.7 Å². The number of nitrogens with one attached hydrogen (secondary N) is 3. The number of carbonyl (C=O) groups is 7. The van der Waals surface area contributed by atoms with Gasteiger partial charge in [-0.05, 0) is 74.5 Å². The van der Waals surface area contributed by atoms with Crippen molar-refractivity contribution in [3.63, 3.8) is 0 Å². The molecule has 2 saturated heterocycles. The summed E-state index contributed by atoms with van der Waals surface area (Å²) >= 11 is 3.15. The lowest BCUT2D eigenvalue weighted by Crippen LogP contribution is -2.62. The second kappa shape index (κ2) is 38.4. The number of carboxylic acids is 1. The SMILES string of the molecule is CC[C@H](C)[C@@H]([C@@H](CC(=O)N1CCC[C@H]1[C@H](OC)[C@@H](C)C(=O)N[C@@H](Cc1ccccc1)C(=O)O)OC)N(C)C(=O)[C@@H](NC(=O)[C@]1(C)CCCN1C(=O)CCOCCOCCOCCOCCOCCOCCNC(=O)c1ccc2nc(SC)sc2c1)C(C)C. The van der Waals surface area contributed by atoms with Crippen LogP contribution in [0.5, 0.6) is 0 Å². The van der Waals surface area contributed by atoms with Crippen molar-refractivity contribution >= 4 is 74.7 Å². The van der Waals surface area contributed by atoms with E-state index in [-0.39, 0.29) is 67.9 Å². The summed E-state index contributed by atoms with van der Waals surface area (Å²) in [5, 5.41) is 18.6. The molecule has 2 aliphatic rings. The highest BCUT2D eigenvalue weighted by atomic mass is 32.2. The van der Waals surface area contributed by atoms with Crippen LogP contribution in [0.1, 0.15) is 102 Å². The highest BCUT2D eigenvalue weighted by Gasteiger charge is 2.48. The zero-order valence-electron chi connectivity index (χ0n) is 53.3. The maximum absolute atomic E-state index is 14.7. The molecule has 1 aromatic heterocycles. The zero-order valence-corrected chi connectivity index (χ0v) is 54.9. The molecule has 4 N–H and O–H groups in total. The van der Waals surface area contributed by atoms with Gasteiger partial charge in [-0.1, -0.05) is 83.1 Å². The average molecular weight is 1270 g/mol. The monoisotopic (exact) mass is 1270 g/mol. The van der Waals surface area contributed by atoms with Gasteiger partial charge in [0.2, 0.25) is 29.5 Å². The van der Waals surface area contributed by atoms with Gasteiger partial charge in [0.1, 0.15) is 17.6 Å². The molecule has 3 heterocycles. The lowest BCUT2D eigenvalue weighted by molar-refractivity contribution is -0.150. The summed E-state index contributed by atoms with van der Waals surface area (Å²) in [5.74, 6) is -4.35. The first-order chi connectivity index (χ1) is 42.3. The van der Waals surface area contributed by atoms with Crippen LogP contribution in [0.4, 0.5) is 0 Å². The van der Waals surface area contributed by atoms with Gasteiger partial charge in [-0.2, -0.15) is 0 Å². The predicted molar refractivity (Wildman–Crippen MR) is 335 cm³/mol. The number of thiazole rings is 1. The van der Waals surface area contributed by atoms with Crippen molar-refractivity contribution in [2.24, 2.45) is 17.8 Å². The van der Waals surface area contributed by atoms with E-state index in [9.17, 15) is 38.7 Å². The van der Waals surface area contributed by atoms with E-state index in [1.807, 2.05) is 52.1 Å². The quantitative estimate of drug-likeness (QED) is 0.0403. The molecule has 3 aromatic rings. The molecule has 6 amide bonds. The predicted octanol–water partition coefficient (Wildman–Crippen LogP) is 5.49. The minimum absolute atomic E-state index is 0.0581. The molecular weight excluding hydrogens is 1170 g/mol. The number of thioether (sulfide) groups is 1. The molecule has 2 aromatic carbocycles. The van der Waals surface area contributed by atoms with Gasteiger partial charge in [0.05, 0.1) is 133 Å². The number of aromatic nitrogens is 1. The number of nitrogens with zero attached hydrogens (tertiary/aromatic N) is 4. The Morgan fingerprint density at radius 2 is 1.41 bits per heavy atom. The lowest BCUT2D eigenvalue weighted by atomic mass is 9.89. The van der Waals surface area contributed by atoms with Crippen molar-refractivity contribution < 1.29 is 76.6 Å². The Hall–Kier alpha value is -5.35. The van der Waals surface area contributed by atoms with Crippen LogP contribution in [0.25, 0.3) is 10.2 Å². The maximum atomic E-state index is 14.7. The number of carboxylic acid groups (broad SMARTS) is 1. The zero-order chi connectivity index (χ0) is 64.2. The van der Waals surface area contributed by atoms with E-state index < -0.39 is 65.6 Å². The van der Waals surface area contributed by atoms with E-state index in [0.717, 1.165) is 20.1 Å². The molecule has 0 aliphatic carbocycles. The number of likely N-dealkylation sites (N-methyl/N-ethyl adjacent to an activating group) is 1. The van der Waals surface area contributed by atoms with Gasteiger partial charge in [-0.25, -0.2) is 9.78 Å². The van der Waals surface area contributed by atoms with E-state index >= 15 is 0 Å². The molecule has 0 bridgehead atoms. The van der Waals surface area contributed by atoms with Gasteiger partial charge >= 0.3 is 5.97 Å². The fourth-order valence-electron chi connectivity index (χ4n) is 11.3. The Kier molecular flexibility index (Phi) is 32.0. The van der Waals surface area contributed by atoms with Gasteiger partial charge in [-0.15, -0.1) is 11.3 Å². The third-order valence-electron chi connectivity index (χ3n) is 16.5. The summed E-state index contributed by atoms with van der Waals surface area (Å²) in [6, 6.07) is 11.4. The highest BCUT2D eigenvalue weighted by molar-refractivity contribution is 8.00. The summed E-state index contributed by atoms with van der Waals surface area (Å²) in [6.07, 6.45) is 3.47. The van der Waals surface area contributed by atoms with E-state index in [2.05, 4.69) is 20.9 Å². The third-order valence-corrected chi connectivity index (χ3v) is 18.5. The normalized spacial score (nSPS) is 18.4. The molecular formula is C63H97N7O16S2. The number of benzene rings is 2. The molecule has 0 spiro atoms. The van der Waals surface area contributed by atoms with Crippen LogP contribution >= 0.6 is 23.1 Å². The van der Waals surface area contributed by atoms with Gasteiger partial charge in [0.25, 0.3) is 5.91 Å². The molecule has 492 valence electrons. The van der Waals surface area contributed by atoms with Crippen molar-refractivity contribution in [2.75, 3.05) is 126 Å². The topological polar surface area (TPSA) is 272 Å². The van der Waals surface area contributed by atoms with Crippen molar-refractivity contribution in [3.8, 4) is 0 Å². The van der Waals surface area contributed by atoms with E-state index in [0.29, 0.717) is 123 Å². The molecule has 0 saturated carbocycles. The fraction of sp³-hybridized carbons (Fsp3) is 0.683. The summed E-state index contributed by atoms with van der Waals surface area (Å²) in [4.78, 5) is 105. The highest BCUT2D eigenvalue weighted by Crippen LogP contribution is 2.33. The maximum Gasteiger partial charge on any atom is 0.326 e. The standard InChI is InChI=1S/C63H97N7O16S2/c1-11-43(4)55(50(79-8)41-53(72)69-25-15-19-49(69)56(80-9)44(5)57(73)65-48(60(76)77)39-45-17-13-12-14-18-45)68(7)59(75)54(42(2)3)67-61(78)63(6)23-16-26-70(63)52(71)22-27-81-29-31-83-33-35-85-37-38-86-36-34-84-32-30-82-28-24-64-58(74)46-20-21-47-51(40-46)88-62(66-47)87-10/h12-14,17-18,20-21,40,42-44,48-50,54-56H,11,15-16,19,22-39,41H2,1-10H3,(H,64,74)(H,65,73)(H,67,78)(H,76,77)/t43-,44+,48-,49-,50+,54-,55-,56+,63-/m0/s1. The van der Waals surface area contributed by atoms with Crippen molar-refractivity contribution in [2.45, 2.75) is 139 Å². The minimum atomic E-state index is -1.20. The number of carbonyl (C=O) groups excluding carboxylic acids is 6. The summed E-state index contributed by atoms with van der Waals surface area (Å²) in [7, 11) is 4.66. The third kappa shape index (κ3) is 22.0. The smallest absolute Gasteiger partial charge is 0.326 e. The van der Waals surface area contributed by atoms with Crippen LogP contribution < -0.4 is 16.0 Å². The summed E-state index contributed by atoms with van der Waals surface area (Å²) < 4.78 is 47.5. The van der Waals surface area contributed by atoms with Crippen LogP contribution in [-0.4, -0.2) is 235 Å². The van der Waals surface area contributed by atoms with Crippen molar-refractivity contribution in [1.82, 2.24) is 35.6 Å². The first-order valence-corrected chi connectivity index (χ1v) is 32.8. The van der Waals surface area contributed by atoms with Crippen LogP contribution in [0.3, 0.4) is 0 Å². The number of hydrogen-bond donors (Lipinski definition) is 4. The Morgan fingerprint density at radius 3 is 1.98 bits per heavy atom. The molecule has 9 atom stereocenters. The molecule has 88 heavy (non-hydrogen) atoms. The molecule has 5 rings (SSSR count). The van der Waals surface area contributed by atoms with Gasteiger partial charge in [-0.3, -0.25) is 28.8 Å². The van der Waals surface area contributed by atoms with Crippen LogP contribution in [0.15, 0.2) is 52.9 Å². The lowest BCUT2D eigenvalue weighted by Gasteiger charge is -2.41. The van der Waals surface area contributed by atoms with Crippen molar-refractivity contribution in [1.29, 1.82) is 0 Å². The Labute approximate surface area is 527 Å². The Balaban J connectivity index is 0.963. The van der Waals surface area contributed by atoms with Gasteiger partial charge in [0, 0.05) is 52.9 Å². The summed E-state index contributed by atoms with van der Waals surface area (Å²) in [6.45, 7) is 16.5. The van der Waals surface area contributed by atoms with Crippen LogP contribution in [-0.2, 0) is 73.1 Å². The summed E-state index contributed by atoms with van der Waals surface area (Å²) in [5.41, 5.74) is 1.04. The number of rotatable bonds is 42. The molecule has 2 fully saturated rings. The van der Waals surface area contributed by atoms with Crippen LogP contribution in [0.2, 0.25) is 0 Å². The fourth-order valence-corrected chi connectivity index (χ4v) is 12.8. The van der Waals surface area contributed by atoms with E-state index in [1.54, 1.807) is 89.0 Å². The van der Waals surface area contributed by atoms with E-state index in [4.69, 9.17) is 37.9 Å². The molecule has 2 aliphatic heterocycles. The second-order valence-electron chi connectivity index (χ2n) is 22.8. The number of fused-ring (bicyclic) bond motifs is 1. The Bertz CT molecular complexity index is 2650. The molecule has 0 radical (unpaired) electrons. The second-order valence-corrected chi connectivity index (χ2v) is 24.9. The number of methoxy groups -OCH3 is 2. The Morgan fingerprint density at radius 1 is 0.795 bits per heavy atom. The van der Waals surface area contributed by atoms with Crippen molar-refractivity contribution in [3.05, 3.63) is 59.7 Å². The van der Waals surface area contributed by atoms with Crippen LogP contribution in [0, 0.1) is 17.8 Å². The molecule has 25 heteroatoms. The average Bonchev–Trinajstić information content (AvgIpc) is 3.15. The molecule has 0 unspecified atom stereocenters. The number of aliphatic carboxylic acids is 1. The minimum Gasteiger partial charge on any atom is -0.480 e. The van der Waals surface area contributed by atoms with E-state index in [1.165, 1.54) is 14.2 Å². The first-order valence-electron chi connectivity index (χ1n) is 30.8. The number of likely N-dealkylation sites (tertiary alicyclic amines) is 2. The van der Waals surface area contributed by atoms with Gasteiger partial charge in [0.15, 0.2) is 4.34 Å². The largest absolute Gasteiger partial charge is 0.480 e. The number of hydrogen-bond acceptors (Lipinski definition) is 18.